The first-order chi connectivity index (χ1) is 9.65. The molecule has 20 heavy (non-hydrogen) atoms. The van der Waals surface area contributed by atoms with Crippen LogP contribution >= 0.6 is 27.5 Å². The standard InChI is InChI=1S/C12H9BrClN3O3/c13-7-1-6(2-9-11(7)20-5-19-9)3-15-8-4-16-17-12(18)10(8)14/h1-2,4H,3,5H2,(H2,15,17,18). The molecule has 0 radical (unpaired) electrons. The van der Waals surface area contributed by atoms with Gasteiger partial charge in [0, 0.05) is 6.54 Å². The number of rotatable bonds is 3. The van der Waals surface area contributed by atoms with Crippen molar-refractivity contribution in [1.29, 1.82) is 0 Å². The van der Waals surface area contributed by atoms with E-state index in [2.05, 4.69) is 31.4 Å². The van der Waals surface area contributed by atoms with E-state index < -0.39 is 5.56 Å². The third kappa shape index (κ3) is 2.46. The number of aromatic nitrogens is 2. The van der Waals surface area contributed by atoms with E-state index in [4.69, 9.17) is 21.1 Å². The van der Waals surface area contributed by atoms with Gasteiger partial charge in [-0.3, -0.25) is 4.79 Å². The first kappa shape index (κ1) is 13.3. The fourth-order valence-electron chi connectivity index (χ4n) is 1.83. The van der Waals surface area contributed by atoms with E-state index in [-0.39, 0.29) is 11.8 Å². The molecule has 0 unspecified atom stereocenters. The summed E-state index contributed by atoms with van der Waals surface area (Å²) in [5, 5.41) is 9.09. The predicted octanol–water partition coefficient (Wildman–Crippen LogP) is 2.53. The molecule has 2 aromatic rings. The lowest BCUT2D eigenvalue weighted by atomic mass is 10.2. The summed E-state index contributed by atoms with van der Waals surface area (Å²) in [6.07, 6.45) is 1.46. The maximum Gasteiger partial charge on any atom is 0.285 e. The summed E-state index contributed by atoms with van der Waals surface area (Å²) in [5.41, 5.74) is 1.00. The second-order valence-electron chi connectivity index (χ2n) is 4.09. The minimum atomic E-state index is -0.427. The first-order valence-electron chi connectivity index (χ1n) is 5.70. The summed E-state index contributed by atoms with van der Waals surface area (Å²) in [6.45, 7) is 0.689. The first-order valence-corrected chi connectivity index (χ1v) is 6.87. The van der Waals surface area contributed by atoms with E-state index in [9.17, 15) is 4.79 Å². The van der Waals surface area contributed by atoms with Crippen molar-refractivity contribution in [3.05, 3.63) is 43.7 Å². The SMILES string of the molecule is O=c1[nH]ncc(NCc2cc(Br)c3c(c2)OCO3)c1Cl. The molecule has 3 rings (SSSR count). The molecular formula is C12H9BrClN3O3. The van der Waals surface area contributed by atoms with Gasteiger partial charge in [-0.1, -0.05) is 11.6 Å². The average molecular weight is 359 g/mol. The fourth-order valence-corrected chi connectivity index (χ4v) is 2.59. The van der Waals surface area contributed by atoms with E-state index in [1.807, 2.05) is 12.1 Å². The van der Waals surface area contributed by atoms with Gasteiger partial charge in [0.05, 0.1) is 16.4 Å². The Balaban J connectivity index is 1.81. The average Bonchev–Trinajstić information content (AvgIpc) is 2.89. The summed E-state index contributed by atoms with van der Waals surface area (Å²) in [6, 6.07) is 3.78. The zero-order chi connectivity index (χ0) is 14.1. The molecule has 0 fully saturated rings. The number of nitrogens with zero attached hydrogens (tertiary/aromatic N) is 1. The number of fused-ring (bicyclic) bond motifs is 1. The lowest BCUT2D eigenvalue weighted by molar-refractivity contribution is 0.173. The van der Waals surface area contributed by atoms with Gasteiger partial charge in [0.2, 0.25) is 6.79 Å². The lowest BCUT2D eigenvalue weighted by Gasteiger charge is -2.08. The fraction of sp³-hybridized carbons (Fsp3) is 0.167. The second-order valence-corrected chi connectivity index (χ2v) is 5.32. The molecule has 6 nitrogen and oxygen atoms in total. The molecule has 2 heterocycles. The van der Waals surface area contributed by atoms with E-state index in [0.717, 1.165) is 10.0 Å². The van der Waals surface area contributed by atoms with Crippen LogP contribution in [0.4, 0.5) is 5.69 Å². The van der Waals surface area contributed by atoms with Crippen molar-refractivity contribution in [2.24, 2.45) is 0 Å². The molecule has 0 spiro atoms. The summed E-state index contributed by atoms with van der Waals surface area (Å²) in [4.78, 5) is 11.3. The van der Waals surface area contributed by atoms with Crippen molar-refractivity contribution in [2.75, 3.05) is 12.1 Å². The zero-order valence-electron chi connectivity index (χ0n) is 10.1. The molecule has 0 saturated heterocycles. The Morgan fingerprint density at radius 3 is 3.15 bits per heavy atom. The van der Waals surface area contributed by atoms with Crippen molar-refractivity contribution in [2.45, 2.75) is 6.54 Å². The Bertz CT molecular complexity index is 720. The van der Waals surface area contributed by atoms with E-state index in [1.54, 1.807) is 0 Å². The number of aromatic amines is 1. The van der Waals surface area contributed by atoms with Crippen LogP contribution in [-0.4, -0.2) is 17.0 Å². The smallest absolute Gasteiger partial charge is 0.285 e. The number of nitrogens with one attached hydrogen (secondary N) is 2. The normalized spacial score (nSPS) is 12.5. The molecule has 1 aliphatic rings. The minimum absolute atomic E-state index is 0.0832. The van der Waals surface area contributed by atoms with Crippen molar-refractivity contribution in [3.8, 4) is 11.5 Å². The van der Waals surface area contributed by atoms with Gasteiger partial charge in [-0.2, -0.15) is 5.10 Å². The number of anilines is 1. The topological polar surface area (TPSA) is 76.2 Å². The van der Waals surface area contributed by atoms with Crippen molar-refractivity contribution < 1.29 is 9.47 Å². The molecule has 8 heteroatoms. The van der Waals surface area contributed by atoms with Crippen LogP contribution in [0.2, 0.25) is 5.02 Å². The lowest BCUT2D eigenvalue weighted by Crippen LogP contribution is -2.11. The Labute approximate surface area is 127 Å². The molecule has 0 aliphatic carbocycles. The molecule has 0 saturated carbocycles. The molecule has 1 aromatic carbocycles. The Morgan fingerprint density at radius 1 is 1.45 bits per heavy atom. The summed E-state index contributed by atoms with van der Waals surface area (Å²) >= 11 is 9.31. The summed E-state index contributed by atoms with van der Waals surface area (Å²) in [5.74, 6) is 1.39. The highest BCUT2D eigenvalue weighted by molar-refractivity contribution is 9.10. The van der Waals surface area contributed by atoms with Gasteiger partial charge in [-0.05, 0) is 33.6 Å². The Kier molecular flexibility index (Phi) is 3.54. The zero-order valence-corrected chi connectivity index (χ0v) is 12.4. The monoisotopic (exact) mass is 357 g/mol. The summed E-state index contributed by atoms with van der Waals surface area (Å²) in [7, 11) is 0. The van der Waals surface area contributed by atoms with Crippen LogP contribution in [0.1, 0.15) is 5.56 Å². The highest BCUT2D eigenvalue weighted by atomic mass is 79.9. The number of H-pyrrole nitrogens is 1. The molecule has 1 aromatic heterocycles. The maximum atomic E-state index is 11.3. The highest BCUT2D eigenvalue weighted by Gasteiger charge is 2.18. The third-order valence-electron chi connectivity index (χ3n) is 2.77. The number of benzene rings is 1. The van der Waals surface area contributed by atoms with Crippen LogP contribution in [-0.2, 0) is 6.54 Å². The number of halogens is 2. The van der Waals surface area contributed by atoms with Gasteiger partial charge in [-0.15, -0.1) is 0 Å². The number of hydrogen-bond acceptors (Lipinski definition) is 5. The molecule has 2 N–H and O–H groups in total. The van der Waals surface area contributed by atoms with Gasteiger partial charge in [-0.25, -0.2) is 5.10 Å². The quantitative estimate of drug-likeness (QED) is 0.882. The van der Waals surface area contributed by atoms with Gasteiger partial charge >= 0.3 is 0 Å². The number of ether oxygens (including phenoxy) is 2. The Morgan fingerprint density at radius 2 is 2.30 bits per heavy atom. The third-order valence-corrected chi connectivity index (χ3v) is 3.73. The van der Waals surface area contributed by atoms with E-state index >= 15 is 0 Å². The molecule has 0 atom stereocenters. The number of hydrogen-bond donors (Lipinski definition) is 2. The minimum Gasteiger partial charge on any atom is -0.454 e. The largest absolute Gasteiger partial charge is 0.454 e. The van der Waals surface area contributed by atoms with Crippen LogP contribution in [0.25, 0.3) is 0 Å². The Hall–Kier alpha value is -1.73. The molecule has 104 valence electrons. The van der Waals surface area contributed by atoms with Gasteiger partial charge in [0.15, 0.2) is 11.5 Å². The van der Waals surface area contributed by atoms with Crippen LogP contribution in [0.15, 0.2) is 27.6 Å². The van der Waals surface area contributed by atoms with Gasteiger partial charge in [0.1, 0.15) is 5.02 Å². The highest BCUT2D eigenvalue weighted by Crippen LogP contribution is 2.40. The van der Waals surface area contributed by atoms with Crippen LogP contribution in [0, 0.1) is 0 Å². The van der Waals surface area contributed by atoms with Gasteiger partial charge in [0.25, 0.3) is 5.56 Å². The van der Waals surface area contributed by atoms with Crippen LogP contribution in [0.3, 0.4) is 0 Å². The second kappa shape index (κ2) is 5.34. The van der Waals surface area contributed by atoms with Crippen molar-refractivity contribution >= 4 is 33.2 Å². The maximum absolute atomic E-state index is 11.3. The summed E-state index contributed by atoms with van der Waals surface area (Å²) < 4.78 is 11.5. The molecule has 1 aliphatic heterocycles. The molecular weight excluding hydrogens is 350 g/mol. The van der Waals surface area contributed by atoms with Crippen LogP contribution in [0.5, 0.6) is 11.5 Å². The van der Waals surface area contributed by atoms with Gasteiger partial charge < -0.3 is 14.8 Å². The molecule has 0 bridgehead atoms. The van der Waals surface area contributed by atoms with Crippen molar-refractivity contribution in [1.82, 2.24) is 10.2 Å². The molecule has 0 amide bonds. The van der Waals surface area contributed by atoms with Crippen LogP contribution < -0.4 is 20.3 Å². The van der Waals surface area contributed by atoms with E-state index in [1.165, 1.54) is 6.20 Å². The predicted molar refractivity (Wildman–Crippen MR) is 77.5 cm³/mol. The van der Waals surface area contributed by atoms with E-state index in [0.29, 0.717) is 23.7 Å². The van der Waals surface area contributed by atoms with Crippen molar-refractivity contribution in [3.63, 3.8) is 0 Å².